The smallest absolute Gasteiger partial charge is 0.335 e. The SMILES string of the molecule is O=C(O)c1cc(O)cc(O)c1.O=c1[nH]cc(F)c(=O)[nH]1. The van der Waals surface area contributed by atoms with Crippen molar-refractivity contribution in [3.63, 3.8) is 0 Å². The van der Waals surface area contributed by atoms with Crippen LogP contribution in [0, 0.1) is 5.82 Å². The molecule has 0 bridgehead atoms. The van der Waals surface area contributed by atoms with Crippen molar-refractivity contribution in [1.82, 2.24) is 9.97 Å². The number of hydrogen-bond acceptors (Lipinski definition) is 5. The molecule has 1 heterocycles. The van der Waals surface area contributed by atoms with Gasteiger partial charge < -0.3 is 20.3 Å². The van der Waals surface area contributed by atoms with E-state index >= 15 is 0 Å². The van der Waals surface area contributed by atoms with Crippen molar-refractivity contribution in [3.05, 3.63) is 56.6 Å². The molecule has 20 heavy (non-hydrogen) atoms. The molecule has 1 aromatic carbocycles. The minimum absolute atomic E-state index is 0.137. The number of H-pyrrole nitrogens is 2. The highest BCUT2D eigenvalue weighted by Crippen LogP contribution is 2.19. The second-order valence-electron chi connectivity index (χ2n) is 3.46. The van der Waals surface area contributed by atoms with Gasteiger partial charge in [0.25, 0.3) is 5.56 Å². The Kier molecular flexibility index (Phi) is 4.62. The number of aromatic nitrogens is 2. The minimum Gasteiger partial charge on any atom is -0.508 e. The number of aromatic amines is 2. The van der Waals surface area contributed by atoms with Crippen molar-refractivity contribution in [1.29, 1.82) is 0 Å². The quantitative estimate of drug-likeness (QED) is 0.498. The molecular weight excluding hydrogens is 275 g/mol. The Morgan fingerprint density at radius 1 is 1.10 bits per heavy atom. The first kappa shape index (κ1) is 15.0. The van der Waals surface area contributed by atoms with Crippen LogP contribution in [-0.2, 0) is 0 Å². The van der Waals surface area contributed by atoms with Gasteiger partial charge in [-0.15, -0.1) is 0 Å². The van der Waals surface area contributed by atoms with E-state index in [1.54, 1.807) is 4.98 Å². The summed E-state index contributed by atoms with van der Waals surface area (Å²) in [4.78, 5) is 34.3. The Balaban J connectivity index is 0.000000204. The maximum absolute atomic E-state index is 12.0. The fourth-order valence-corrected chi connectivity index (χ4v) is 1.11. The van der Waals surface area contributed by atoms with Gasteiger partial charge in [0.2, 0.25) is 5.82 Å². The normalized spacial score (nSPS) is 9.45. The lowest BCUT2D eigenvalue weighted by molar-refractivity contribution is 0.0696. The number of rotatable bonds is 1. The van der Waals surface area contributed by atoms with Gasteiger partial charge in [0.15, 0.2) is 0 Å². The number of carboxylic acids is 1. The lowest BCUT2D eigenvalue weighted by atomic mass is 10.2. The first-order valence-electron chi connectivity index (χ1n) is 5.03. The van der Waals surface area contributed by atoms with Crippen LogP contribution < -0.4 is 11.2 Å². The van der Waals surface area contributed by atoms with Crippen molar-refractivity contribution in [2.75, 3.05) is 0 Å². The van der Waals surface area contributed by atoms with Crippen molar-refractivity contribution in [2.24, 2.45) is 0 Å². The highest BCUT2D eigenvalue weighted by Gasteiger charge is 2.04. The van der Waals surface area contributed by atoms with Gasteiger partial charge in [0, 0.05) is 12.3 Å². The number of phenolic OH excluding ortho intramolecular Hbond substituents is 2. The Hall–Kier alpha value is -3.10. The summed E-state index contributed by atoms with van der Waals surface area (Å²) in [6.45, 7) is 0. The minimum atomic E-state index is -1.18. The van der Waals surface area contributed by atoms with Crippen LogP contribution in [0.25, 0.3) is 0 Å². The third-order valence-electron chi connectivity index (χ3n) is 1.92. The van der Waals surface area contributed by atoms with Gasteiger partial charge in [-0.25, -0.2) is 9.59 Å². The molecule has 106 valence electrons. The van der Waals surface area contributed by atoms with E-state index in [2.05, 4.69) is 0 Å². The Morgan fingerprint density at radius 2 is 1.65 bits per heavy atom. The number of hydrogen-bond donors (Lipinski definition) is 5. The molecule has 0 aliphatic carbocycles. The van der Waals surface area contributed by atoms with Crippen LogP contribution in [0.2, 0.25) is 0 Å². The van der Waals surface area contributed by atoms with Crippen LogP contribution in [0.5, 0.6) is 11.5 Å². The van der Waals surface area contributed by atoms with Gasteiger partial charge in [-0.1, -0.05) is 0 Å². The van der Waals surface area contributed by atoms with E-state index in [9.17, 15) is 18.8 Å². The van der Waals surface area contributed by atoms with Gasteiger partial charge in [-0.2, -0.15) is 4.39 Å². The zero-order valence-electron chi connectivity index (χ0n) is 9.75. The van der Waals surface area contributed by atoms with Crippen LogP contribution in [0.1, 0.15) is 10.4 Å². The molecule has 0 atom stereocenters. The topological polar surface area (TPSA) is 143 Å². The molecule has 1 aromatic heterocycles. The predicted octanol–water partition coefficient (Wildman–Crippen LogP) is -0.00170. The summed E-state index contributed by atoms with van der Waals surface area (Å²) in [7, 11) is 0. The molecule has 0 saturated carbocycles. The van der Waals surface area contributed by atoms with E-state index in [4.69, 9.17) is 15.3 Å². The zero-order chi connectivity index (χ0) is 15.3. The van der Waals surface area contributed by atoms with Crippen LogP contribution >= 0.6 is 0 Å². The standard InChI is InChI=1S/C7H6O4.C4H3FN2O2/c8-5-1-4(7(10)11)2-6(9)3-5;5-2-1-6-4(9)7-3(2)8/h1-3,8-9H,(H,10,11);1H,(H2,6,7,8,9). The molecule has 2 aromatic rings. The van der Waals surface area contributed by atoms with Crippen molar-refractivity contribution >= 4 is 5.97 Å². The molecule has 0 spiro atoms. The number of benzene rings is 1. The summed E-state index contributed by atoms with van der Waals surface area (Å²) in [5.41, 5.74) is -1.84. The number of nitrogens with one attached hydrogen (secondary N) is 2. The van der Waals surface area contributed by atoms with Crippen molar-refractivity contribution < 1.29 is 24.5 Å². The Bertz CT molecular complexity index is 716. The summed E-state index contributed by atoms with van der Waals surface area (Å²) in [6, 6.07) is 3.18. The van der Waals surface area contributed by atoms with Gasteiger partial charge in [0.05, 0.1) is 5.56 Å². The fourth-order valence-electron chi connectivity index (χ4n) is 1.11. The van der Waals surface area contributed by atoms with Crippen molar-refractivity contribution in [2.45, 2.75) is 0 Å². The number of aromatic hydroxyl groups is 2. The average molecular weight is 284 g/mol. The first-order valence-corrected chi connectivity index (χ1v) is 5.03. The number of phenols is 2. The molecule has 0 aliphatic rings. The van der Waals surface area contributed by atoms with Crippen LogP contribution in [0.15, 0.2) is 34.0 Å². The van der Waals surface area contributed by atoms with E-state index in [1.807, 2.05) is 4.98 Å². The lowest BCUT2D eigenvalue weighted by Crippen LogP contribution is -2.23. The maximum atomic E-state index is 12.0. The lowest BCUT2D eigenvalue weighted by Gasteiger charge is -1.96. The molecule has 2 rings (SSSR count). The molecule has 0 fully saturated rings. The van der Waals surface area contributed by atoms with Crippen LogP contribution in [0.3, 0.4) is 0 Å². The number of aromatic carboxylic acids is 1. The molecule has 0 saturated heterocycles. The number of carboxylic acid groups (broad SMARTS) is 1. The molecular formula is C11H9FN2O6. The summed E-state index contributed by atoms with van der Waals surface area (Å²) in [6.07, 6.45) is 0.709. The molecule has 0 radical (unpaired) electrons. The van der Waals surface area contributed by atoms with Crippen molar-refractivity contribution in [3.8, 4) is 11.5 Å². The summed E-state index contributed by atoms with van der Waals surface area (Å²) in [5.74, 6) is -2.70. The molecule has 0 unspecified atom stereocenters. The summed E-state index contributed by atoms with van der Waals surface area (Å²) < 4.78 is 12.0. The second-order valence-corrected chi connectivity index (χ2v) is 3.46. The maximum Gasteiger partial charge on any atom is 0.335 e. The third kappa shape index (κ3) is 4.29. The third-order valence-corrected chi connectivity index (χ3v) is 1.92. The van der Waals surface area contributed by atoms with E-state index in [0.29, 0.717) is 6.20 Å². The first-order chi connectivity index (χ1) is 9.29. The zero-order valence-corrected chi connectivity index (χ0v) is 9.75. The van der Waals surface area contributed by atoms with Crippen LogP contribution in [0.4, 0.5) is 4.39 Å². The molecule has 8 nitrogen and oxygen atoms in total. The predicted molar refractivity (Wildman–Crippen MR) is 64.4 cm³/mol. The Morgan fingerprint density at radius 3 is 2.05 bits per heavy atom. The van der Waals surface area contributed by atoms with Gasteiger partial charge in [-0.3, -0.25) is 9.78 Å². The summed E-state index contributed by atoms with van der Waals surface area (Å²) in [5, 5.41) is 26.1. The fraction of sp³-hybridized carbons (Fsp3) is 0. The second kappa shape index (κ2) is 6.18. The molecule has 0 amide bonds. The monoisotopic (exact) mass is 284 g/mol. The highest BCUT2D eigenvalue weighted by atomic mass is 19.1. The number of carbonyl (C=O) groups is 1. The highest BCUT2D eigenvalue weighted by molar-refractivity contribution is 5.88. The van der Waals surface area contributed by atoms with Crippen LogP contribution in [-0.4, -0.2) is 31.3 Å². The summed E-state index contributed by atoms with van der Waals surface area (Å²) >= 11 is 0. The molecule has 0 aliphatic heterocycles. The largest absolute Gasteiger partial charge is 0.508 e. The molecule has 9 heteroatoms. The molecule has 5 N–H and O–H groups in total. The average Bonchev–Trinajstić information content (AvgIpc) is 2.34. The van der Waals surface area contributed by atoms with E-state index in [0.717, 1.165) is 18.2 Å². The van der Waals surface area contributed by atoms with Gasteiger partial charge in [0.1, 0.15) is 11.5 Å². The van der Waals surface area contributed by atoms with E-state index < -0.39 is 23.0 Å². The van der Waals surface area contributed by atoms with E-state index in [1.165, 1.54) is 0 Å². The van der Waals surface area contributed by atoms with E-state index in [-0.39, 0.29) is 17.1 Å². The Labute approximate surface area is 109 Å². The van der Waals surface area contributed by atoms with Gasteiger partial charge >= 0.3 is 11.7 Å². The van der Waals surface area contributed by atoms with Gasteiger partial charge in [-0.05, 0) is 12.1 Å². The number of halogens is 1.